The molecule has 166 valence electrons. The summed E-state index contributed by atoms with van der Waals surface area (Å²) in [5.41, 5.74) is 0.0789. The highest BCUT2D eigenvalue weighted by atomic mass is 79.9. The Morgan fingerprint density at radius 2 is 1.97 bits per heavy atom. The Kier molecular flexibility index (Phi) is 6.33. The summed E-state index contributed by atoms with van der Waals surface area (Å²) < 4.78 is 69.6. The van der Waals surface area contributed by atoms with Crippen LogP contribution in [-0.2, 0) is 32.1 Å². The number of carbonyl (C=O) groups is 1. The maximum absolute atomic E-state index is 13.2. The lowest BCUT2D eigenvalue weighted by Gasteiger charge is -2.06. The molecule has 0 unspecified atom stereocenters. The van der Waals surface area contributed by atoms with Gasteiger partial charge in [0.25, 0.3) is 0 Å². The standard InChI is InChI=1S/C19H17BrF3N3O4S/c1-3-30-17(27)10-26-15(9-16(25-26)19(21,22)23)14-8-13(20)18(24-14)11-5-4-6-12(7-11)31(2,28)29/h4-9,24H,3,10H2,1-2H3. The number of hydrogen-bond donors (Lipinski definition) is 1. The van der Waals surface area contributed by atoms with Crippen LogP contribution in [0.5, 0.6) is 0 Å². The van der Waals surface area contributed by atoms with E-state index in [1.807, 2.05) is 0 Å². The lowest BCUT2D eigenvalue weighted by molar-refractivity contribution is -0.146. The largest absolute Gasteiger partial charge is 0.465 e. The molecule has 0 amide bonds. The van der Waals surface area contributed by atoms with Gasteiger partial charge in [-0.25, -0.2) is 8.42 Å². The van der Waals surface area contributed by atoms with Crippen LogP contribution in [0.1, 0.15) is 12.6 Å². The number of benzene rings is 1. The van der Waals surface area contributed by atoms with E-state index >= 15 is 0 Å². The normalized spacial score (nSPS) is 12.2. The molecule has 0 bridgehead atoms. The molecule has 1 N–H and O–H groups in total. The minimum atomic E-state index is -4.70. The van der Waals surface area contributed by atoms with E-state index in [-0.39, 0.29) is 22.9 Å². The molecule has 7 nitrogen and oxygen atoms in total. The van der Waals surface area contributed by atoms with Crippen LogP contribution in [0.25, 0.3) is 22.6 Å². The monoisotopic (exact) mass is 519 g/mol. The lowest BCUT2D eigenvalue weighted by atomic mass is 10.2. The molecular weight excluding hydrogens is 503 g/mol. The molecule has 0 aliphatic rings. The van der Waals surface area contributed by atoms with Crippen molar-refractivity contribution in [2.45, 2.75) is 24.5 Å². The molecule has 12 heteroatoms. The summed E-state index contributed by atoms with van der Waals surface area (Å²) >= 11 is 3.35. The summed E-state index contributed by atoms with van der Waals surface area (Å²) in [6.07, 6.45) is -3.63. The molecule has 3 rings (SSSR count). The van der Waals surface area contributed by atoms with Crippen molar-refractivity contribution < 1.29 is 31.1 Å². The molecule has 31 heavy (non-hydrogen) atoms. The number of nitrogens with zero attached hydrogens (tertiary/aromatic N) is 2. The molecule has 0 radical (unpaired) electrons. The topological polar surface area (TPSA) is 94.1 Å². The SMILES string of the molecule is CCOC(=O)Cn1nc(C(F)(F)F)cc1-c1cc(Br)c(-c2cccc(S(C)(=O)=O)c2)[nH]1. The highest BCUT2D eigenvalue weighted by Crippen LogP contribution is 2.36. The van der Waals surface area contributed by atoms with Gasteiger partial charge in [-0.2, -0.15) is 18.3 Å². The van der Waals surface area contributed by atoms with Crippen LogP contribution in [0.2, 0.25) is 0 Å². The van der Waals surface area contributed by atoms with Gasteiger partial charge in [0.15, 0.2) is 15.5 Å². The maximum Gasteiger partial charge on any atom is 0.435 e. The van der Waals surface area contributed by atoms with Crippen molar-refractivity contribution >= 4 is 31.7 Å². The predicted octanol–water partition coefficient (Wildman–Crippen LogP) is 4.29. The summed E-state index contributed by atoms with van der Waals surface area (Å²) in [5.74, 6) is -0.729. The Morgan fingerprint density at radius 1 is 1.26 bits per heavy atom. The first kappa shape index (κ1) is 23.1. The number of hydrogen-bond acceptors (Lipinski definition) is 5. The van der Waals surface area contributed by atoms with Crippen LogP contribution in [0.4, 0.5) is 13.2 Å². The Hall–Kier alpha value is -2.60. The zero-order valence-electron chi connectivity index (χ0n) is 16.3. The number of esters is 1. The first-order chi connectivity index (χ1) is 14.4. The van der Waals surface area contributed by atoms with E-state index in [9.17, 15) is 26.4 Å². The van der Waals surface area contributed by atoms with Crippen molar-refractivity contribution in [3.8, 4) is 22.6 Å². The first-order valence-corrected chi connectivity index (χ1v) is 11.6. The van der Waals surface area contributed by atoms with Crippen molar-refractivity contribution in [2.75, 3.05) is 12.9 Å². The fourth-order valence-electron chi connectivity index (χ4n) is 2.88. The van der Waals surface area contributed by atoms with Crippen LogP contribution >= 0.6 is 15.9 Å². The quantitative estimate of drug-likeness (QED) is 0.490. The second-order valence-electron chi connectivity index (χ2n) is 6.58. The Labute approximate surface area is 184 Å². The summed E-state index contributed by atoms with van der Waals surface area (Å²) in [7, 11) is -3.45. The summed E-state index contributed by atoms with van der Waals surface area (Å²) in [6.45, 7) is 1.16. The van der Waals surface area contributed by atoms with Gasteiger partial charge >= 0.3 is 12.1 Å². The fourth-order valence-corrected chi connectivity index (χ4v) is 4.10. The van der Waals surface area contributed by atoms with Crippen LogP contribution in [0.15, 0.2) is 45.8 Å². The smallest absolute Gasteiger partial charge is 0.435 e. The van der Waals surface area contributed by atoms with Gasteiger partial charge in [-0.1, -0.05) is 12.1 Å². The molecule has 0 aliphatic heterocycles. The molecule has 2 aromatic heterocycles. The number of H-pyrrole nitrogens is 1. The molecule has 0 aliphatic carbocycles. The predicted molar refractivity (Wildman–Crippen MR) is 110 cm³/mol. The van der Waals surface area contributed by atoms with Crippen molar-refractivity contribution in [3.63, 3.8) is 0 Å². The number of sulfone groups is 1. The van der Waals surface area contributed by atoms with E-state index in [4.69, 9.17) is 4.74 Å². The molecule has 2 heterocycles. The van der Waals surface area contributed by atoms with E-state index < -0.39 is 34.2 Å². The highest BCUT2D eigenvalue weighted by Gasteiger charge is 2.35. The molecular formula is C19H17BrF3N3O4S. The van der Waals surface area contributed by atoms with E-state index in [1.165, 1.54) is 18.2 Å². The molecule has 3 aromatic rings. The van der Waals surface area contributed by atoms with Crippen molar-refractivity contribution in [3.05, 3.63) is 46.6 Å². The van der Waals surface area contributed by atoms with Crippen molar-refractivity contribution in [1.29, 1.82) is 0 Å². The Bertz CT molecular complexity index is 1230. The Balaban J connectivity index is 2.08. The van der Waals surface area contributed by atoms with Gasteiger partial charge in [0.1, 0.15) is 6.54 Å². The summed E-state index contributed by atoms with van der Waals surface area (Å²) in [4.78, 5) is 14.9. The third-order valence-electron chi connectivity index (χ3n) is 4.25. The number of aromatic nitrogens is 3. The average molecular weight is 520 g/mol. The first-order valence-electron chi connectivity index (χ1n) is 8.90. The minimum absolute atomic E-state index is 0.0200. The van der Waals surface area contributed by atoms with Gasteiger partial charge in [0, 0.05) is 16.3 Å². The fraction of sp³-hybridized carbons (Fsp3) is 0.263. The highest BCUT2D eigenvalue weighted by molar-refractivity contribution is 9.10. The zero-order chi connectivity index (χ0) is 23.0. The lowest BCUT2D eigenvalue weighted by Crippen LogP contribution is -2.16. The van der Waals surface area contributed by atoms with E-state index in [1.54, 1.807) is 19.1 Å². The second-order valence-corrected chi connectivity index (χ2v) is 9.45. The molecule has 0 saturated carbocycles. The van der Waals surface area contributed by atoms with E-state index in [2.05, 4.69) is 26.0 Å². The molecule has 0 spiro atoms. The average Bonchev–Trinajstić information content (AvgIpc) is 3.24. The van der Waals surface area contributed by atoms with Crippen molar-refractivity contribution in [2.24, 2.45) is 0 Å². The number of nitrogens with one attached hydrogen (secondary N) is 1. The number of halogens is 4. The number of carbonyl (C=O) groups excluding carboxylic acids is 1. The third kappa shape index (κ3) is 5.18. The zero-order valence-corrected chi connectivity index (χ0v) is 18.7. The van der Waals surface area contributed by atoms with Gasteiger partial charge < -0.3 is 9.72 Å². The van der Waals surface area contributed by atoms with E-state index in [0.29, 0.717) is 15.7 Å². The molecule has 1 aromatic carbocycles. The van der Waals surface area contributed by atoms with Crippen LogP contribution in [0, 0.1) is 0 Å². The van der Waals surface area contributed by atoms with Crippen LogP contribution in [-0.4, -0.2) is 42.0 Å². The molecule has 0 fully saturated rings. The molecule has 0 atom stereocenters. The van der Waals surface area contributed by atoms with Gasteiger partial charge in [-0.3, -0.25) is 9.48 Å². The number of aromatic amines is 1. The number of alkyl halides is 3. The summed E-state index contributed by atoms with van der Waals surface area (Å²) in [6, 6.07) is 8.47. The molecule has 0 saturated heterocycles. The van der Waals surface area contributed by atoms with Crippen LogP contribution in [0.3, 0.4) is 0 Å². The maximum atomic E-state index is 13.2. The van der Waals surface area contributed by atoms with Gasteiger partial charge in [-0.05, 0) is 47.1 Å². The van der Waals surface area contributed by atoms with Crippen LogP contribution < -0.4 is 0 Å². The van der Waals surface area contributed by atoms with Gasteiger partial charge in [0.2, 0.25) is 0 Å². The van der Waals surface area contributed by atoms with Crippen molar-refractivity contribution in [1.82, 2.24) is 14.8 Å². The van der Waals surface area contributed by atoms with E-state index in [0.717, 1.165) is 17.0 Å². The van der Waals surface area contributed by atoms with Gasteiger partial charge in [0.05, 0.1) is 28.6 Å². The number of ether oxygens (including phenoxy) is 1. The Morgan fingerprint density at radius 3 is 2.58 bits per heavy atom. The second kappa shape index (κ2) is 8.50. The van der Waals surface area contributed by atoms with Gasteiger partial charge in [-0.15, -0.1) is 0 Å². The summed E-state index contributed by atoms with van der Waals surface area (Å²) in [5, 5.41) is 3.51. The third-order valence-corrected chi connectivity index (χ3v) is 5.99. The minimum Gasteiger partial charge on any atom is -0.465 e. The number of rotatable bonds is 6.